The Labute approximate surface area is 84.7 Å². The maximum atomic E-state index is 10.2. The van der Waals surface area contributed by atoms with Crippen LogP contribution in [0.2, 0.25) is 0 Å². The van der Waals surface area contributed by atoms with Gasteiger partial charge in [0.25, 0.3) is 0 Å². The summed E-state index contributed by atoms with van der Waals surface area (Å²) in [6.45, 7) is 1.04. The van der Waals surface area contributed by atoms with E-state index in [0.29, 0.717) is 6.41 Å². The first-order valence-electron chi connectivity index (χ1n) is 4.66. The highest BCUT2D eigenvalue weighted by molar-refractivity contribution is 5.70. The summed E-state index contributed by atoms with van der Waals surface area (Å²) in [6, 6.07) is 7.91. The molecular formula is C11H16N2O. The molecule has 3 nitrogen and oxygen atoms in total. The van der Waals surface area contributed by atoms with Crippen molar-refractivity contribution in [1.29, 1.82) is 0 Å². The lowest BCUT2D eigenvalue weighted by Gasteiger charge is -2.09. The summed E-state index contributed by atoms with van der Waals surface area (Å²) in [7, 11) is 4.12. The fourth-order valence-corrected chi connectivity index (χ4v) is 1.19. The number of nitrogens with zero attached hydrogens (tertiary/aromatic N) is 1. The summed E-state index contributed by atoms with van der Waals surface area (Å²) in [5, 5.41) is 2.61. The summed E-state index contributed by atoms with van der Waals surface area (Å²) in [5.41, 5.74) is 2.13. The lowest BCUT2D eigenvalue weighted by molar-refractivity contribution is -0.105. The topological polar surface area (TPSA) is 32.3 Å². The maximum absolute atomic E-state index is 10.2. The zero-order valence-electron chi connectivity index (χ0n) is 8.66. The molecule has 1 aromatic carbocycles. The van der Waals surface area contributed by atoms with E-state index in [-0.39, 0.29) is 0 Å². The lowest BCUT2D eigenvalue weighted by Crippen LogP contribution is -2.14. The minimum absolute atomic E-state index is 0.689. The largest absolute Gasteiger partial charge is 0.329 e. The molecule has 0 bridgehead atoms. The number of nitrogens with one attached hydrogen (secondary N) is 1. The molecule has 1 N–H and O–H groups in total. The van der Waals surface area contributed by atoms with Crippen molar-refractivity contribution in [2.24, 2.45) is 0 Å². The van der Waals surface area contributed by atoms with Crippen molar-refractivity contribution in [3.05, 3.63) is 29.8 Å². The predicted octanol–water partition coefficient (Wildman–Crippen LogP) is 1.36. The van der Waals surface area contributed by atoms with E-state index in [2.05, 4.69) is 24.3 Å². The molecule has 1 aromatic rings. The lowest BCUT2D eigenvalue weighted by atomic mass is 10.1. The Morgan fingerprint density at radius 1 is 1.29 bits per heavy atom. The quantitative estimate of drug-likeness (QED) is 0.714. The third kappa shape index (κ3) is 3.58. The van der Waals surface area contributed by atoms with Gasteiger partial charge >= 0.3 is 0 Å². The van der Waals surface area contributed by atoms with Gasteiger partial charge in [0, 0.05) is 12.2 Å². The Kier molecular flexibility index (Phi) is 4.13. The summed E-state index contributed by atoms with van der Waals surface area (Å²) < 4.78 is 0. The minimum Gasteiger partial charge on any atom is -0.329 e. The Morgan fingerprint density at radius 2 is 1.93 bits per heavy atom. The molecule has 76 valence electrons. The number of carbonyl (C=O) groups is 1. The monoisotopic (exact) mass is 192 g/mol. The molecule has 0 aliphatic carbocycles. The molecular weight excluding hydrogens is 176 g/mol. The Hall–Kier alpha value is -1.35. The zero-order chi connectivity index (χ0) is 10.4. The van der Waals surface area contributed by atoms with E-state index in [9.17, 15) is 4.79 Å². The van der Waals surface area contributed by atoms with Crippen molar-refractivity contribution in [1.82, 2.24) is 4.90 Å². The van der Waals surface area contributed by atoms with E-state index in [1.54, 1.807) is 0 Å². The second-order valence-electron chi connectivity index (χ2n) is 3.51. The molecule has 0 aromatic heterocycles. The smallest absolute Gasteiger partial charge is 0.211 e. The van der Waals surface area contributed by atoms with Crippen LogP contribution in [-0.4, -0.2) is 32.0 Å². The van der Waals surface area contributed by atoms with Gasteiger partial charge in [0.1, 0.15) is 0 Å². The number of likely N-dealkylation sites (N-methyl/N-ethyl adjacent to an activating group) is 1. The van der Waals surface area contributed by atoms with Crippen LogP contribution < -0.4 is 5.32 Å². The predicted molar refractivity (Wildman–Crippen MR) is 58.4 cm³/mol. The second-order valence-corrected chi connectivity index (χ2v) is 3.51. The van der Waals surface area contributed by atoms with Crippen LogP contribution in [-0.2, 0) is 11.2 Å². The summed E-state index contributed by atoms with van der Waals surface area (Å²) in [4.78, 5) is 12.3. The molecule has 3 heteroatoms. The van der Waals surface area contributed by atoms with E-state index >= 15 is 0 Å². The van der Waals surface area contributed by atoms with Crippen molar-refractivity contribution in [3.8, 4) is 0 Å². The fraction of sp³-hybridized carbons (Fsp3) is 0.364. The van der Waals surface area contributed by atoms with Crippen LogP contribution in [0.3, 0.4) is 0 Å². The van der Waals surface area contributed by atoms with Crippen molar-refractivity contribution in [3.63, 3.8) is 0 Å². The molecule has 0 unspecified atom stereocenters. The van der Waals surface area contributed by atoms with Crippen LogP contribution in [0.25, 0.3) is 0 Å². The summed E-state index contributed by atoms with van der Waals surface area (Å²) in [6.07, 6.45) is 1.73. The first-order chi connectivity index (χ1) is 6.72. The van der Waals surface area contributed by atoms with Gasteiger partial charge < -0.3 is 10.2 Å². The number of anilines is 1. The molecule has 0 saturated carbocycles. The first kappa shape index (κ1) is 10.7. The van der Waals surface area contributed by atoms with Gasteiger partial charge in [0.15, 0.2) is 0 Å². The van der Waals surface area contributed by atoms with Crippen molar-refractivity contribution in [2.75, 3.05) is 26.0 Å². The molecule has 0 fully saturated rings. The number of hydrogen-bond acceptors (Lipinski definition) is 2. The average molecular weight is 192 g/mol. The van der Waals surface area contributed by atoms with Gasteiger partial charge in [-0.2, -0.15) is 0 Å². The molecule has 0 aliphatic heterocycles. The second kappa shape index (κ2) is 5.40. The highest BCUT2D eigenvalue weighted by atomic mass is 16.1. The molecule has 0 spiro atoms. The Bertz CT molecular complexity index is 280. The van der Waals surface area contributed by atoms with E-state index < -0.39 is 0 Å². The van der Waals surface area contributed by atoms with Gasteiger partial charge in [-0.1, -0.05) is 12.1 Å². The van der Waals surface area contributed by atoms with Gasteiger partial charge in [-0.15, -0.1) is 0 Å². The van der Waals surface area contributed by atoms with Crippen molar-refractivity contribution >= 4 is 12.1 Å². The van der Waals surface area contributed by atoms with Crippen LogP contribution in [0.15, 0.2) is 24.3 Å². The van der Waals surface area contributed by atoms with Crippen LogP contribution in [0, 0.1) is 0 Å². The number of carbonyl (C=O) groups excluding carboxylic acids is 1. The molecule has 0 aliphatic rings. The number of rotatable bonds is 5. The molecule has 1 amide bonds. The van der Waals surface area contributed by atoms with Crippen LogP contribution in [0.4, 0.5) is 5.69 Å². The van der Waals surface area contributed by atoms with Gasteiger partial charge in [0.2, 0.25) is 6.41 Å². The summed E-state index contributed by atoms with van der Waals surface area (Å²) in [5.74, 6) is 0. The SMILES string of the molecule is CN(C)CCc1ccc(NC=O)cc1. The number of benzene rings is 1. The molecule has 0 radical (unpaired) electrons. The maximum Gasteiger partial charge on any atom is 0.211 e. The average Bonchev–Trinajstić information content (AvgIpc) is 2.17. The third-order valence-electron chi connectivity index (χ3n) is 2.03. The van der Waals surface area contributed by atoms with Crippen molar-refractivity contribution in [2.45, 2.75) is 6.42 Å². The van der Waals surface area contributed by atoms with Gasteiger partial charge in [-0.05, 0) is 38.2 Å². The Morgan fingerprint density at radius 3 is 2.43 bits per heavy atom. The first-order valence-corrected chi connectivity index (χ1v) is 4.66. The molecule has 14 heavy (non-hydrogen) atoms. The van der Waals surface area contributed by atoms with E-state index in [1.807, 2.05) is 24.3 Å². The zero-order valence-corrected chi connectivity index (χ0v) is 8.66. The van der Waals surface area contributed by atoms with Gasteiger partial charge in [-0.25, -0.2) is 0 Å². The molecule has 1 rings (SSSR count). The van der Waals surface area contributed by atoms with Crippen molar-refractivity contribution < 1.29 is 4.79 Å². The standard InChI is InChI=1S/C11H16N2O/c1-13(2)8-7-10-3-5-11(6-4-10)12-9-14/h3-6,9H,7-8H2,1-2H3,(H,12,14). The highest BCUT2D eigenvalue weighted by Gasteiger charge is 1.95. The van der Waals surface area contributed by atoms with E-state index in [0.717, 1.165) is 18.7 Å². The normalized spacial score (nSPS) is 10.2. The minimum atomic E-state index is 0.689. The highest BCUT2D eigenvalue weighted by Crippen LogP contribution is 2.09. The van der Waals surface area contributed by atoms with E-state index in [1.165, 1.54) is 5.56 Å². The fourth-order valence-electron chi connectivity index (χ4n) is 1.19. The van der Waals surface area contributed by atoms with Crippen LogP contribution >= 0.6 is 0 Å². The number of hydrogen-bond donors (Lipinski definition) is 1. The number of amides is 1. The van der Waals surface area contributed by atoms with E-state index in [4.69, 9.17) is 0 Å². The molecule has 0 atom stereocenters. The molecule has 0 saturated heterocycles. The van der Waals surface area contributed by atoms with Gasteiger partial charge in [0.05, 0.1) is 0 Å². The van der Waals surface area contributed by atoms with Crippen LogP contribution in [0.5, 0.6) is 0 Å². The van der Waals surface area contributed by atoms with Gasteiger partial charge in [-0.3, -0.25) is 4.79 Å². The molecule has 0 heterocycles. The third-order valence-corrected chi connectivity index (χ3v) is 2.03. The summed E-state index contributed by atoms with van der Waals surface area (Å²) >= 11 is 0. The Balaban J connectivity index is 2.50. The van der Waals surface area contributed by atoms with Crippen LogP contribution in [0.1, 0.15) is 5.56 Å².